The second-order valence-corrected chi connectivity index (χ2v) is 22.1. The zero-order valence-corrected chi connectivity index (χ0v) is 49.0. The molecule has 0 bridgehead atoms. The van der Waals surface area contributed by atoms with Crippen LogP contribution in [0.2, 0.25) is 0 Å². The molecular formula is C63H74N10O10S2. The summed E-state index contributed by atoms with van der Waals surface area (Å²) < 4.78 is 0. The number of aromatic amines is 1. The second kappa shape index (κ2) is 30.9. The van der Waals surface area contributed by atoms with E-state index in [1.807, 2.05) is 103 Å². The fourth-order valence-corrected chi connectivity index (χ4v) is 10.4. The van der Waals surface area contributed by atoms with Gasteiger partial charge in [0.2, 0.25) is 41.4 Å². The Bertz CT molecular complexity index is 3490. The maximum Gasteiger partial charge on any atom is 0.326 e. The number of benzene rings is 6. The van der Waals surface area contributed by atoms with Gasteiger partial charge in [-0.15, -0.1) is 0 Å². The quantitative estimate of drug-likeness (QED) is 0.0225. The Labute approximate surface area is 503 Å². The number of rotatable bonds is 30. The van der Waals surface area contributed by atoms with Gasteiger partial charge in [0.1, 0.15) is 48.0 Å². The summed E-state index contributed by atoms with van der Waals surface area (Å²) in [5.74, 6) is -7.70. The van der Waals surface area contributed by atoms with Gasteiger partial charge < -0.3 is 63.9 Å². The van der Waals surface area contributed by atoms with Crippen molar-refractivity contribution in [2.75, 3.05) is 18.1 Å². The average molecular weight is 1200 g/mol. The number of nitrogens with one attached hydrogen (secondary N) is 8. The minimum absolute atomic E-state index is 0.0447. The Balaban J connectivity index is 1.08. The molecule has 0 radical (unpaired) electrons. The summed E-state index contributed by atoms with van der Waals surface area (Å²) >= 11 is 8.67. The van der Waals surface area contributed by atoms with Crippen LogP contribution in [0.25, 0.3) is 32.4 Å². The fourth-order valence-electron chi connectivity index (χ4n) is 9.89. The minimum atomic E-state index is -1.40. The number of phenols is 1. The Morgan fingerprint density at radius 2 is 0.953 bits per heavy atom. The van der Waals surface area contributed by atoms with E-state index in [4.69, 9.17) is 11.5 Å². The molecule has 1 aromatic heterocycles. The van der Waals surface area contributed by atoms with Crippen LogP contribution < -0.4 is 48.7 Å². The lowest BCUT2D eigenvalue weighted by Gasteiger charge is -2.29. The summed E-state index contributed by atoms with van der Waals surface area (Å²) in [6.45, 7) is 3.60. The number of aromatic hydroxyl groups is 1. The smallest absolute Gasteiger partial charge is 0.326 e. The molecule has 6 aromatic carbocycles. The Morgan fingerprint density at radius 3 is 1.52 bits per heavy atom. The molecule has 1 heterocycles. The lowest BCUT2D eigenvalue weighted by atomic mass is 9.99. The number of unbranched alkanes of at least 4 members (excludes halogenated alkanes) is 1. The Morgan fingerprint density at radius 1 is 0.494 bits per heavy atom. The van der Waals surface area contributed by atoms with Crippen molar-refractivity contribution in [3.63, 3.8) is 0 Å². The van der Waals surface area contributed by atoms with Crippen LogP contribution in [0, 0.1) is 5.92 Å². The van der Waals surface area contributed by atoms with E-state index in [9.17, 15) is 48.6 Å². The van der Waals surface area contributed by atoms with Crippen LogP contribution in [-0.4, -0.2) is 129 Å². The van der Waals surface area contributed by atoms with Gasteiger partial charge in [-0.05, 0) is 100 Å². The van der Waals surface area contributed by atoms with Crippen molar-refractivity contribution in [3.05, 3.63) is 162 Å². The molecule has 7 rings (SSSR count). The lowest BCUT2D eigenvalue weighted by Crippen LogP contribution is -2.61. The third kappa shape index (κ3) is 18.0. The van der Waals surface area contributed by atoms with Gasteiger partial charge in [0.25, 0.3) is 0 Å². The van der Waals surface area contributed by atoms with Crippen LogP contribution in [0.4, 0.5) is 0 Å². The van der Waals surface area contributed by atoms with E-state index in [1.165, 1.54) is 12.1 Å². The average Bonchev–Trinajstić information content (AvgIpc) is 4.20. The van der Waals surface area contributed by atoms with E-state index in [1.54, 1.807) is 38.2 Å². The maximum atomic E-state index is 14.9. The van der Waals surface area contributed by atoms with Crippen LogP contribution in [0.1, 0.15) is 55.4 Å². The number of carbonyl (C=O) groups excluding carboxylic acids is 7. The summed E-state index contributed by atoms with van der Waals surface area (Å²) in [4.78, 5) is 115. The van der Waals surface area contributed by atoms with E-state index < -0.39 is 102 Å². The lowest BCUT2D eigenvalue weighted by molar-refractivity contribution is -0.142. The highest BCUT2D eigenvalue weighted by Gasteiger charge is 2.36. The molecule has 7 aromatic rings. The van der Waals surface area contributed by atoms with E-state index in [0.717, 1.165) is 38.0 Å². The molecule has 14 N–H and O–H groups in total. The number of nitrogens with two attached hydrogens (primary N) is 2. The van der Waals surface area contributed by atoms with Crippen LogP contribution in [-0.2, 0) is 64.0 Å². The number of phenolic OH excluding ortho intramolecular Hbond substituents is 1. The number of thiol groups is 2. The Hall–Kier alpha value is -8.44. The molecule has 20 nitrogen and oxygen atoms in total. The van der Waals surface area contributed by atoms with Gasteiger partial charge in [-0.3, -0.25) is 33.6 Å². The number of para-hydroxylation sites is 1. The van der Waals surface area contributed by atoms with Crippen molar-refractivity contribution < 1.29 is 48.6 Å². The number of hydrogen-bond donors (Lipinski definition) is 14. The third-order valence-electron chi connectivity index (χ3n) is 14.7. The normalized spacial score (nSPS) is 14.2. The highest BCUT2D eigenvalue weighted by molar-refractivity contribution is 7.80. The van der Waals surface area contributed by atoms with Crippen LogP contribution in [0.15, 0.2) is 140 Å². The van der Waals surface area contributed by atoms with Gasteiger partial charge in [0, 0.05) is 47.9 Å². The van der Waals surface area contributed by atoms with Crippen molar-refractivity contribution in [2.45, 2.75) is 107 Å². The van der Waals surface area contributed by atoms with Gasteiger partial charge in [-0.1, -0.05) is 129 Å². The van der Waals surface area contributed by atoms with E-state index in [-0.39, 0.29) is 55.9 Å². The number of hydrogen-bond acceptors (Lipinski definition) is 13. The second-order valence-electron chi connectivity index (χ2n) is 21.4. The number of aliphatic carboxylic acids is 1. The third-order valence-corrected chi connectivity index (χ3v) is 15.4. The number of aromatic nitrogens is 1. The standard InChI is InChI=1S/C63H74N10O10S2/c1-36(2)55(62(81)72-54(35-85)61(80)70-52(63(82)83)31-39-19-23-41-12-4-6-14-43(41)28-39)73-57(76)49(17-9-10-26-64)67-59(78)51(32-44-33-66-48-16-8-7-15-46(44)48)69-58(77)50(30-37-20-24-45(74)25-21-37)68-60(79)53(34-84)71-56(75)47(65)29-38-18-22-40-11-3-5-13-42(40)27-38/h3-8,11-16,18-25,27-28,33,36,47,49-55,66,74,84-85H,9-10,17,26,29-32,34-35,64-65H2,1-2H3,(H,67,78)(H,68,79)(H,69,77)(H,70,80)(H,71,75)(H,72,81)(H,73,76)(H,82,83)/t47-,49+,50+,51-,52+,53+,54+,55+/m1/s1. The van der Waals surface area contributed by atoms with Gasteiger partial charge in [0.05, 0.1) is 6.04 Å². The number of amides is 7. The number of carboxylic acid groups (broad SMARTS) is 1. The van der Waals surface area contributed by atoms with Crippen molar-refractivity contribution in [1.82, 2.24) is 42.2 Å². The number of fused-ring (bicyclic) bond motifs is 3. The topological polar surface area (TPSA) is 329 Å². The van der Waals surface area contributed by atoms with Gasteiger partial charge in [-0.2, -0.15) is 25.3 Å². The molecule has 0 saturated carbocycles. The fraction of sp³-hybridized carbons (Fsp3) is 0.333. The first-order chi connectivity index (χ1) is 40.8. The monoisotopic (exact) mass is 1190 g/mol. The molecule has 0 aliphatic heterocycles. The predicted octanol–water partition coefficient (Wildman–Crippen LogP) is 3.90. The highest BCUT2D eigenvalue weighted by Crippen LogP contribution is 2.22. The number of carbonyl (C=O) groups is 8. The molecule has 8 atom stereocenters. The van der Waals surface area contributed by atoms with Crippen LogP contribution >= 0.6 is 25.3 Å². The van der Waals surface area contributed by atoms with Crippen LogP contribution in [0.3, 0.4) is 0 Å². The predicted molar refractivity (Wildman–Crippen MR) is 334 cm³/mol. The highest BCUT2D eigenvalue weighted by atomic mass is 32.1. The molecule has 0 saturated heterocycles. The SMILES string of the molecule is CC(C)[C@H](NC(=O)[C@H](CCCCN)NC(=O)[C@@H](Cc1c[nH]c2ccccc12)NC(=O)[C@H](Cc1ccc(O)cc1)NC(=O)[C@H](CS)NC(=O)[C@H](N)Cc1ccc2ccccc2c1)C(=O)N[C@@H](CS)C(=O)N[C@@H](Cc1ccc2ccccc2c1)C(=O)O. The molecule has 85 heavy (non-hydrogen) atoms. The molecular weight excluding hydrogens is 1120 g/mol. The van der Waals surface area contributed by atoms with Crippen LogP contribution in [0.5, 0.6) is 5.75 Å². The van der Waals surface area contributed by atoms with Crippen molar-refractivity contribution in [2.24, 2.45) is 17.4 Å². The maximum absolute atomic E-state index is 14.9. The van der Waals surface area contributed by atoms with Gasteiger partial charge in [0.15, 0.2) is 0 Å². The van der Waals surface area contributed by atoms with E-state index in [0.29, 0.717) is 29.5 Å². The molecule has 0 unspecified atom stereocenters. The van der Waals surface area contributed by atoms with Gasteiger partial charge in [-0.25, -0.2) is 4.79 Å². The first-order valence-electron chi connectivity index (χ1n) is 28.2. The largest absolute Gasteiger partial charge is 0.508 e. The van der Waals surface area contributed by atoms with Crippen molar-refractivity contribution >= 4 is 105 Å². The van der Waals surface area contributed by atoms with Crippen molar-refractivity contribution in [3.8, 4) is 5.75 Å². The minimum Gasteiger partial charge on any atom is -0.508 e. The molecule has 7 amide bonds. The first kappa shape index (κ1) is 64.1. The first-order valence-corrected chi connectivity index (χ1v) is 29.4. The summed E-state index contributed by atoms with van der Waals surface area (Å²) in [6, 6.07) is 29.5. The molecule has 0 fully saturated rings. The molecule has 0 aliphatic rings. The molecule has 0 aliphatic carbocycles. The van der Waals surface area contributed by atoms with Gasteiger partial charge >= 0.3 is 5.97 Å². The van der Waals surface area contributed by atoms with E-state index in [2.05, 4.69) is 67.5 Å². The number of carboxylic acids is 1. The number of H-pyrrole nitrogens is 1. The summed E-state index contributed by atoms with van der Waals surface area (Å²) in [6.07, 6.45) is 2.42. The molecule has 448 valence electrons. The Kier molecular flexibility index (Phi) is 23.3. The summed E-state index contributed by atoms with van der Waals surface area (Å²) in [5.41, 5.74) is 15.6. The van der Waals surface area contributed by atoms with E-state index >= 15 is 0 Å². The zero-order valence-electron chi connectivity index (χ0n) is 47.3. The summed E-state index contributed by atoms with van der Waals surface area (Å²) in [7, 11) is 0. The summed E-state index contributed by atoms with van der Waals surface area (Å²) in [5, 5.41) is 43.8. The molecule has 22 heteroatoms. The van der Waals surface area contributed by atoms with Crippen molar-refractivity contribution in [1.29, 1.82) is 0 Å². The zero-order chi connectivity index (χ0) is 61.2. The molecule has 0 spiro atoms.